The molecule has 0 bridgehead atoms. The number of rotatable bonds is 7. The molecule has 0 atom stereocenters. The Morgan fingerprint density at radius 1 is 1.25 bits per heavy atom. The van der Waals surface area contributed by atoms with E-state index in [2.05, 4.69) is 31.2 Å². The first-order valence-electron chi connectivity index (χ1n) is 9.44. The average Bonchev–Trinajstić information content (AvgIpc) is 3.01. The minimum Gasteiger partial charge on any atom is -0.496 e. The Balaban J connectivity index is 2.15. The molecule has 1 aromatic carbocycles. The van der Waals surface area contributed by atoms with Crippen LogP contribution in [0.1, 0.15) is 50.2 Å². The second-order valence-corrected chi connectivity index (χ2v) is 7.76. The maximum Gasteiger partial charge on any atom is 0.258 e. The van der Waals surface area contributed by atoms with Gasteiger partial charge in [0.1, 0.15) is 18.1 Å². The molecule has 0 radical (unpaired) electrons. The van der Waals surface area contributed by atoms with Crippen LogP contribution in [0, 0.1) is 0 Å². The molecule has 0 saturated heterocycles. The zero-order valence-electron chi connectivity index (χ0n) is 17.6. The third-order valence-electron chi connectivity index (χ3n) is 4.37. The maximum atomic E-state index is 13.0. The van der Waals surface area contributed by atoms with E-state index in [1.165, 1.54) is 12.0 Å². The Morgan fingerprint density at radius 2 is 1.93 bits per heavy atom. The fourth-order valence-electron chi connectivity index (χ4n) is 2.82. The van der Waals surface area contributed by atoms with Crippen molar-refractivity contribution in [2.24, 2.45) is 7.05 Å². The Hall–Kier alpha value is -2.83. The zero-order chi connectivity index (χ0) is 20.9. The summed E-state index contributed by atoms with van der Waals surface area (Å²) in [5.74, 6) is 0.613. The van der Waals surface area contributed by atoms with E-state index in [4.69, 9.17) is 4.74 Å². The predicted octanol–water partition coefficient (Wildman–Crippen LogP) is 3.22. The van der Waals surface area contributed by atoms with Crippen LogP contribution in [0.3, 0.4) is 0 Å². The van der Waals surface area contributed by atoms with E-state index >= 15 is 0 Å². The first-order valence-corrected chi connectivity index (χ1v) is 9.44. The number of anilines is 1. The molecule has 0 aliphatic heterocycles. The lowest BCUT2D eigenvalue weighted by molar-refractivity contribution is -0.117. The van der Waals surface area contributed by atoms with Crippen molar-refractivity contribution in [1.29, 1.82) is 0 Å². The van der Waals surface area contributed by atoms with Gasteiger partial charge >= 0.3 is 0 Å². The van der Waals surface area contributed by atoms with E-state index in [9.17, 15) is 9.59 Å². The lowest BCUT2D eigenvalue weighted by Gasteiger charge is -2.22. The second kappa shape index (κ2) is 8.91. The first-order chi connectivity index (χ1) is 13.2. The minimum atomic E-state index is -0.264. The normalized spacial score (nSPS) is 11.2. The van der Waals surface area contributed by atoms with E-state index in [0.717, 1.165) is 12.1 Å². The third-order valence-corrected chi connectivity index (χ3v) is 4.37. The van der Waals surface area contributed by atoms with Crippen LogP contribution in [-0.4, -0.2) is 46.7 Å². The molecule has 0 aliphatic carbocycles. The highest BCUT2D eigenvalue weighted by Gasteiger charge is 2.23. The number of aromatic nitrogens is 2. The molecule has 0 unspecified atom stereocenters. The quantitative estimate of drug-likeness (QED) is 0.793. The van der Waals surface area contributed by atoms with Gasteiger partial charge in [-0.05, 0) is 18.6 Å². The molecule has 0 saturated carbocycles. The number of amides is 2. The molecule has 7 heteroatoms. The van der Waals surface area contributed by atoms with Crippen molar-refractivity contribution in [2.45, 2.75) is 39.5 Å². The number of benzene rings is 1. The van der Waals surface area contributed by atoms with Crippen LogP contribution in [0.25, 0.3) is 0 Å². The van der Waals surface area contributed by atoms with Crippen molar-refractivity contribution in [2.75, 3.05) is 25.5 Å². The van der Waals surface area contributed by atoms with Gasteiger partial charge in [0.2, 0.25) is 5.91 Å². The Bertz CT molecular complexity index is 836. The number of carbonyl (C=O) groups excluding carboxylic acids is 2. The van der Waals surface area contributed by atoms with E-state index in [0.29, 0.717) is 23.7 Å². The van der Waals surface area contributed by atoms with Crippen molar-refractivity contribution < 1.29 is 14.3 Å². The average molecular weight is 386 g/mol. The Kier molecular flexibility index (Phi) is 6.83. The molecule has 2 amide bonds. The van der Waals surface area contributed by atoms with Crippen molar-refractivity contribution in [3.63, 3.8) is 0 Å². The highest BCUT2D eigenvalue weighted by atomic mass is 16.5. The van der Waals surface area contributed by atoms with Crippen LogP contribution < -0.4 is 10.1 Å². The third kappa shape index (κ3) is 5.12. The summed E-state index contributed by atoms with van der Waals surface area (Å²) in [4.78, 5) is 27.1. The van der Waals surface area contributed by atoms with Crippen LogP contribution in [0.4, 0.5) is 5.82 Å². The van der Waals surface area contributed by atoms with Crippen molar-refractivity contribution in [3.05, 3.63) is 41.6 Å². The SMILES string of the molecule is CCCN(CC(=O)Nc1cc(C(C)(C)C)nn1C)C(=O)c1ccccc1OC. The van der Waals surface area contributed by atoms with E-state index in [-0.39, 0.29) is 23.8 Å². The van der Waals surface area contributed by atoms with Crippen LogP contribution in [0.2, 0.25) is 0 Å². The molecule has 152 valence electrons. The van der Waals surface area contributed by atoms with E-state index < -0.39 is 0 Å². The zero-order valence-corrected chi connectivity index (χ0v) is 17.6. The molecular weight excluding hydrogens is 356 g/mol. The standard InChI is InChI=1S/C21H30N4O3/c1-7-12-25(20(27)15-10-8-9-11-16(15)28-6)14-19(26)22-18-13-17(21(2,3)4)23-24(18)5/h8-11,13H,7,12,14H2,1-6H3,(H,22,26). The summed E-state index contributed by atoms with van der Waals surface area (Å²) >= 11 is 0. The van der Waals surface area contributed by atoms with Gasteiger partial charge in [0, 0.05) is 25.1 Å². The molecule has 1 heterocycles. The second-order valence-electron chi connectivity index (χ2n) is 7.76. The topological polar surface area (TPSA) is 76.5 Å². The predicted molar refractivity (Wildman–Crippen MR) is 110 cm³/mol. The largest absolute Gasteiger partial charge is 0.496 e. The molecule has 2 aromatic rings. The molecule has 0 spiro atoms. The fraction of sp³-hybridized carbons (Fsp3) is 0.476. The number of nitrogens with one attached hydrogen (secondary N) is 1. The molecule has 7 nitrogen and oxygen atoms in total. The number of methoxy groups -OCH3 is 1. The van der Waals surface area contributed by atoms with Gasteiger partial charge in [-0.15, -0.1) is 0 Å². The van der Waals surface area contributed by atoms with Gasteiger partial charge in [-0.2, -0.15) is 5.10 Å². The van der Waals surface area contributed by atoms with E-state index in [1.54, 1.807) is 29.9 Å². The molecule has 1 N–H and O–H groups in total. The summed E-state index contributed by atoms with van der Waals surface area (Å²) in [5.41, 5.74) is 1.22. The number of para-hydroxylation sites is 1. The van der Waals surface area contributed by atoms with Crippen LogP contribution >= 0.6 is 0 Å². The first kappa shape index (κ1) is 21.5. The molecule has 0 fully saturated rings. The van der Waals surface area contributed by atoms with Crippen molar-refractivity contribution in [1.82, 2.24) is 14.7 Å². The number of hydrogen-bond donors (Lipinski definition) is 1. The lowest BCUT2D eigenvalue weighted by Crippen LogP contribution is -2.38. The minimum absolute atomic E-state index is 0.0409. The Morgan fingerprint density at radius 3 is 2.50 bits per heavy atom. The van der Waals surface area contributed by atoms with Gasteiger partial charge in [0.25, 0.3) is 5.91 Å². The molecule has 0 aliphatic rings. The maximum absolute atomic E-state index is 13.0. The number of aryl methyl sites for hydroxylation is 1. The van der Waals surface area contributed by atoms with Crippen LogP contribution in [0.15, 0.2) is 30.3 Å². The summed E-state index contributed by atoms with van der Waals surface area (Å²) < 4.78 is 6.93. The van der Waals surface area contributed by atoms with Gasteiger partial charge in [-0.25, -0.2) is 0 Å². The molecule has 28 heavy (non-hydrogen) atoms. The number of ether oxygens (including phenoxy) is 1. The fourth-order valence-corrected chi connectivity index (χ4v) is 2.82. The van der Waals surface area contributed by atoms with Gasteiger partial charge < -0.3 is 15.0 Å². The van der Waals surface area contributed by atoms with Gasteiger partial charge in [0.15, 0.2) is 0 Å². The molecular formula is C21H30N4O3. The summed E-state index contributed by atoms with van der Waals surface area (Å²) in [5, 5.41) is 7.32. The number of carbonyl (C=O) groups is 2. The summed E-state index contributed by atoms with van der Waals surface area (Å²) in [6.07, 6.45) is 0.744. The summed E-state index contributed by atoms with van der Waals surface area (Å²) in [6, 6.07) is 8.90. The van der Waals surface area contributed by atoms with Crippen molar-refractivity contribution >= 4 is 17.6 Å². The van der Waals surface area contributed by atoms with Crippen LogP contribution in [-0.2, 0) is 17.3 Å². The highest BCUT2D eigenvalue weighted by molar-refractivity contribution is 6.00. The van der Waals surface area contributed by atoms with Gasteiger partial charge in [0.05, 0.1) is 18.4 Å². The summed E-state index contributed by atoms with van der Waals surface area (Å²) in [6.45, 7) is 8.60. The highest BCUT2D eigenvalue weighted by Crippen LogP contribution is 2.23. The monoisotopic (exact) mass is 386 g/mol. The number of hydrogen-bond acceptors (Lipinski definition) is 4. The van der Waals surface area contributed by atoms with E-state index in [1.807, 2.05) is 19.1 Å². The van der Waals surface area contributed by atoms with Crippen molar-refractivity contribution in [3.8, 4) is 5.75 Å². The van der Waals surface area contributed by atoms with Crippen LogP contribution in [0.5, 0.6) is 5.75 Å². The molecule has 2 rings (SSSR count). The summed E-state index contributed by atoms with van der Waals surface area (Å²) in [7, 11) is 3.31. The molecule has 1 aromatic heterocycles. The Labute approximate surface area is 166 Å². The van der Waals surface area contributed by atoms with Gasteiger partial charge in [-0.3, -0.25) is 14.3 Å². The smallest absolute Gasteiger partial charge is 0.258 e. The van der Waals surface area contributed by atoms with Gasteiger partial charge in [-0.1, -0.05) is 39.8 Å². The number of nitrogens with zero attached hydrogens (tertiary/aromatic N) is 3. The lowest BCUT2D eigenvalue weighted by atomic mass is 9.92.